The van der Waals surface area contributed by atoms with Crippen molar-refractivity contribution in [2.75, 3.05) is 26.2 Å². The van der Waals surface area contributed by atoms with Crippen LogP contribution >= 0.6 is 0 Å². The van der Waals surface area contributed by atoms with Crippen LogP contribution in [0.2, 0.25) is 0 Å². The zero-order valence-corrected chi connectivity index (χ0v) is 10.8. The summed E-state index contributed by atoms with van der Waals surface area (Å²) in [4.78, 5) is 2.51. The number of aliphatic hydroxyl groups excluding tert-OH is 1. The number of piperidine rings is 1. The molecule has 1 saturated heterocycles. The summed E-state index contributed by atoms with van der Waals surface area (Å²) in [7, 11) is 0. The molecular weight excluding hydrogens is 186 g/mol. The Morgan fingerprint density at radius 2 is 1.80 bits per heavy atom. The van der Waals surface area contributed by atoms with Crippen molar-refractivity contribution >= 4 is 0 Å². The maximum absolute atomic E-state index is 9.24. The van der Waals surface area contributed by atoms with Crippen LogP contribution in [0.25, 0.3) is 0 Å². The average Bonchev–Trinajstić information content (AvgIpc) is 2.18. The highest BCUT2D eigenvalue weighted by atomic mass is 16.3. The second-order valence-corrected chi connectivity index (χ2v) is 6.18. The van der Waals surface area contributed by atoms with Crippen molar-refractivity contribution in [3.8, 4) is 0 Å². The van der Waals surface area contributed by atoms with Gasteiger partial charge in [0.2, 0.25) is 0 Å². The van der Waals surface area contributed by atoms with Crippen LogP contribution in [-0.2, 0) is 0 Å². The van der Waals surface area contributed by atoms with Gasteiger partial charge in [0.1, 0.15) is 0 Å². The summed E-state index contributed by atoms with van der Waals surface area (Å²) in [5.41, 5.74) is 0.0602. The van der Waals surface area contributed by atoms with Crippen LogP contribution in [0.15, 0.2) is 0 Å². The Hall–Kier alpha value is -0.0800. The van der Waals surface area contributed by atoms with Gasteiger partial charge in [0.25, 0.3) is 0 Å². The lowest BCUT2D eigenvalue weighted by Crippen LogP contribution is -2.42. The Morgan fingerprint density at radius 1 is 1.27 bits per heavy atom. The molecule has 2 heteroatoms. The molecule has 0 bridgehead atoms. The normalized spacial score (nSPS) is 21.2. The summed E-state index contributed by atoms with van der Waals surface area (Å²) in [6, 6.07) is 0. The lowest BCUT2D eigenvalue weighted by Gasteiger charge is -2.37. The molecule has 0 aromatic carbocycles. The predicted octanol–water partition coefficient (Wildman–Crippen LogP) is 2.37. The van der Waals surface area contributed by atoms with Gasteiger partial charge in [0.05, 0.1) is 0 Å². The number of hydrogen-bond donors (Lipinski definition) is 1. The third kappa shape index (κ3) is 4.12. The van der Waals surface area contributed by atoms with Gasteiger partial charge in [-0.05, 0) is 37.8 Å². The first-order chi connectivity index (χ1) is 6.94. The number of aliphatic hydroxyl groups is 1. The van der Waals surface area contributed by atoms with Crippen LogP contribution in [0, 0.1) is 17.3 Å². The topological polar surface area (TPSA) is 23.5 Å². The largest absolute Gasteiger partial charge is 0.396 e. The van der Waals surface area contributed by atoms with Gasteiger partial charge < -0.3 is 10.0 Å². The molecule has 15 heavy (non-hydrogen) atoms. The van der Waals surface area contributed by atoms with E-state index in [0.717, 1.165) is 18.4 Å². The van der Waals surface area contributed by atoms with E-state index >= 15 is 0 Å². The van der Waals surface area contributed by atoms with Crippen LogP contribution in [-0.4, -0.2) is 36.2 Å². The standard InChI is InChI=1S/C13H27NO/c1-11(2)12-5-7-14(8-6-12)9-13(3,4)10-15/h11-12,15H,5-10H2,1-4H3. The minimum Gasteiger partial charge on any atom is -0.396 e. The Balaban J connectivity index is 2.32. The molecule has 1 aliphatic rings. The van der Waals surface area contributed by atoms with Crippen LogP contribution in [0.1, 0.15) is 40.5 Å². The molecule has 1 aliphatic heterocycles. The zero-order chi connectivity index (χ0) is 11.5. The Bertz CT molecular complexity index is 181. The van der Waals surface area contributed by atoms with E-state index in [1.54, 1.807) is 0 Å². The number of hydrogen-bond acceptors (Lipinski definition) is 2. The maximum Gasteiger partial charge on any atom is 0.0494 e. The van der Waals surface area contributed by atoms with Gasteiger partial charge in [-0.1, -0.05) is 27.7 Å². The van der Waals surface area contributed by atoms with Gasteiger partial charge >= 0.3 is 0 Å². The van der Waals surface area contributed by atoms with E-state index < -0.39 is 0 Å². The molecule has 0 spiro atoms. The summed E-state index contributed by atoms with van der Waals surface area (Å²) >= 11 is 0. The van der Waals surface area contributed by atoms with Crippen molar-refractivity contribution in [1.82, 2.24) is 4.90 Å². The lowest BCUT2D eigenvalue weighted by molar-refractivity contribution is 0.0746. The molecule has 1 rings (SSSR count). The van der Waals surface area contributed by atoms with Gasteiger partial charge in [0.15, 0.2) is 0 Å². The van der Waals surface area contributed by atoms with Crippen molar-refractivity contribution in [3.05, 3.63) is 0 Å². The van der Waals surface area contributed by atoms with Crippen molar-refractivity contribution in [2.24, 2.45) is 17.3 Å². The monoisotopic (exact) mass is 213 g/mol. The van der Waals surface area contributed by atoms with E-state index in [1.165, 1.54) is 25.9 Å². The predicted molar refractivity (Wildman–Crippen MR) is 64.9 cm³/mol. The van der Waals surface area contributed by atoms with E-state index in [4.69, 9.17) is 0 Å². The summed E-state index contributed by atoms with van der Waals surface area (Å²) in [6.07, 6.45) is 2.67. The van der Waals surface area contributed by atoms with Crippen molar-refractivity contribution in [1.29, 1.82) is 0 Å². The Labute approximate surface area is 94.7 Å². The van der Waals surface area contributed by atoms with Gasteiger partial charge in [0, 0.05) is 18.6 Å². The van der Waals surface area contributed by atoms with E-state index in [1.807, 2.05) is 0 Å². The molecule has 0 radical (unpaired) electrons. The fourth-order valence-corrected chi connectivity index (χ4v) is 2.43. The van der Waals surface area contributed by atoms with E-state index in [-0.39, 0.29) is 12.0 Å². The minimum atomic E-state index is 0.0602. The maximum atomic E-state index is 9.24. The van der Waals surface area contributed by atoms with Crippen LogP contribution in [0.3, 0.4) is 0 Å². The number of likely N-dealkylation sites (tertiary alicyclic amines) is 1. The van der Waals surface area contributed by atoms with Gasteiger partial charge in [-0.2, -0.15) is 0 Å². The van der Waals surface area contributed by atoms with Gasteiger partial charge in [-0.25, -0.2) is 0 Å². The molecule has 0 saturated carbocycles. The molecule has 0 atom stereocenters. The molecule has 90 valence electrons. The van der Waals surface area contributed by atoms with Gasteiger partial charge in [-0.15, -0.1) is 0 Å². The highest BCUT2D eigenvalue weighted by Gasteiger charge is 2.26. The van der Waals surface area contributed by atoms with Crippen molar-refractivity contribution in [2.45, 2.75) is 40.5 Å². The number of nitrogens with zero attached hydrogens (tertiary/aromatic N) is 1. The smallest absolute Gasteiger partial charge is 0.0494 e. The van der Waals surface area contributed by atoms with Crippen LogP contribution in [0.5, 0.6) is 0 Å². The minimum absolute atomic E-state index is 0.0602. The van der Waals surface area contributed by atoms with Crippen molar-refractivity contribution < 1.29 is 5.11 Å². The molecule has 0 amide bonds. The summed E-state index contributed by atoms with van der Waals surface area (Å²) in [6.45, 7) is 12.7. The second-order valence-electron chi connectivity index (χ2n) is 6.18. The average molecular weight is 213 g/mol. The Kier molecular flexibility index (Phi) is 4.60. The first-order valence-corrected chi connectivity index (χ1v) is 6.28. The van der Waals surface area contributed by atoms with Crippen LogP contribution < -0.4 is 0 Å². The first kappa shape index (κ1) is 13.0. The van der Waals surface area contributed by atoms with E-state index in [0.29, 0.717) is 0 Å². The van der Waals surface area contributed by atoms with E-state index in [9.17, 15) is 5.11 Å². The molecule has 1 fully saturated rings. The quantitative estimate of drug-likeness (QED) is 0.775. The summed E-state index contributed by atoms with van der Waals surface area (Å²) in [5.74, 6) is 1.75. The molecule has 0 aromatic rings. The molecule has 1 heterocycles. The highest BCUT2D eigenvalue weighted by molar-refractivity contribution is 4.79. The SMILES string of the molecule is CC(C)C1CCN(CC(C)(C)CO)CC1. The fourth-order valence-electron chi connectivity index (χ4n) is 2.43. The third-order valence-corrected chi connectivity index (χ3v) is 3.65. The van der Waals surface area contributed by atoms with Crippen molar-refractivity contribution in [3.63, 3.8) is 0 Å². The molecule has 0 unspecified atom stereocenters. The lowest BCUT2D eigenvalue weighted by atomic mass is 9.85. The molecule has 0 aromatic heterocycles. The van der Waals surface area contributed by atoms with Gasteiger partial charge in [-0.3, -0.25) is 0 Å². The summed E-state index contributed by atoms with van der Waals surface area (Å²) in [5, 5.41) is 9.24. The highest BCUT2D eigenvalue weighted by Crippen LogP contribution is 2.26. The molecule has 1 N–H and O–H groups in total. The first-order valence-electron chi connectivity index (χ1n) is 6.28. The molecular formula is C13H27NO. The zero-order valence-electron chi connectivity index (χ0n) is 10.8. The van der Waals surface area contributed by atoms with E-state index in [2.05, 4.69) is 32.6 Å². The Morgan fingerprint density at radius 3 is 2.20 bits per heavy atom. The third-order valence-electron chi connectivity index (χ3n) is 3.65. The fraction of sp³-hybridized carbons (Fsp3) is 1.00. The molecule has 2 nitrogen and oxygen atoms in total. The summed E-state index contributed by atoms with van der Waals surface area (Å²) < 4.78 is 0. The molecule has 0 aliphatic carbocycles. The second kappa shape index (κ2) is 5.31. The van der Waals surface area contributed by atoms with Crippen LogP contribution in [0.4, 0.5) is 0 Å². The number of rotatable bonds is 4.